The Morgan fingerprint density at radius 2 is 2.39 bits per heavy atom. The van der Waals surface area contributed by atoms with Crippen molar-refractivity contribution in [3.8, 4) is 0 Å². The highest BCUT2D eigenvalue weighted by Gasteiger charge is 2.18. The topological polar surface area (TPSA) is 38.3 Å². The largest absolute Gasteiger partial charge is 0.375 e. The highest BCUT2D eigenvalue weighted by Crippen LogP contribution is 2.16. The van der Waals surface area contributed by atoms with Crippen LogP contribution < -0.4 is 5.32 Å². The number of nitrogens with one attached hydrogen (secondary N) is 1. The van der Waals surface area contributed by atoms with Crippen molar-refractivity contribution in [2.75, 3.05) is 19.7 Å². The number of benzene rings is 1. The lowest BCUT2D eigenvalue weighted by Crippen LogP contribution is -2.39. The fourth-order valence-electron chi connectivity index (χ4n) is 1.95. The molecule has 0 spiro atoms. The van der Waals surface area contributed by atoms with Crippen molar-refractivity contribution >= 4 is 21.7 Å². The highest BCUT2D eigenvalue weighted by molar-refractivity contribution is 9.10. The quantitative estimate of drug-likeness (QED) is 0.924. The number of ether oxygens (including phenoxy) is 1. The lowest BCUT2D eigenvalue weighted by Gasteiger charge is -2.22. The number of ketones is 1. The van der Waals surface area contributed by atoms with Crippen LogP contribution in [0.4, 0.5) is 4.39 Å². The van der Waals surface area contributed by atoms with Crippen molar-refractivity contribution in [2.24, 2.45) is 0 Å². The number of carbonyl (C=O) groups excluding carboxylic acids is 1. The summed E-state index contributed by atoms with van der Waals surface area (Å²) in [5, 5.41) is 3.17. The molecule has 1 atom stereocenters. The molecular formula is C13H15BrFNO2. The van der Waals surface area contributed by atoms with Crippen LogP contribution in [0, 0.1) is 5.82 Å². The third-order valence-electron chi connectivity index (χ3n) is 2.86. The number of hydrogen-bond acceptors (Lipinski definition) is 3. The van der Waals surface area contributed by atoms with Crippen LogP contribution in [-0.4, -0.2) is 31.6 Å². The van der Waals surface area contributed by atoms with E-state index in [1.54, 1.807) is 12.1 Å². The van der Waals surface area contributed by atoms with Crippen LogP contribution in [-0.2, 0) is 16.0 Å². The van der Waals surface area contributed by atoms with Gasteiger partial charge in [0.2, 0.25) is 0 Å². The molecule has 0 aliphatic carbocycles. The Morgan fingerprint density at radius 3 is 3.06 bits per heavy atom. The molecule has 1 aromatic carbocycles. The summed E-state index contributed by atoms with van der Waals surface area (Å²) in [4.78, 5) is 11.8. The van der Waals surface area contributed by atoms with Crippen LogP contribution in [0.25, 0.3) is 0 Å². The van der Waals surface area contributed by atoms with Crippen LogP contribution in [0.5, 0.6) is 0 Å². The van der Waals surface area contributed by atoms with Crippen LogP contribution in [0.3, 0.4) is 0 Å². The maximum atomic E-state index is 13.6. The SMILES string of the molecule is O=C(Cc1ccc(Br)cc1F)CC1CNCCO1. The second kappa shape index (κ2) is 6.41. The van der Waals surface area contributed by atoms with E-state index >= 15 is 0 Å². The molecule has 98 valence electrons. The van der Waals surface area contributed by atoms with Gasteiger partial charge >= 0.3 is 0 Å². The molecule has 1 N–H and O–H groups in total. The molecule has 1 aliphatic rings. The second-order valence-electron chi connectivity index (χ2n) is 4.35. The highest BCUT2D eigenvalue weighted by atomic mass is 79.9. The average Bonchev–Trinajstić information content (AvgIpc) is 2.34. The van der Waals surface area contributed by atoms with E-state index in [-0.39, 0.29) is 24.1 Å². The molecule has 18 heavy (non-hydrogen) atoms. The van der Waals surface area contributed by atoms with E-state index in [0.29, 0.717) is 29.6 Å². The molecule has 0 amide bonds. The van der Waals surface area contributed by atoms with E-state index in [1.807, 2.05) is 0 Å². The molecular weight excluding hydrogens is 301 g/mol. The Hall–Kier alpha value is -0.780. The van der Waals surface area contributed by atoms with Crippen LogP contribution in [0.15, 0.2) is 22.7 Å². The molecule has 1 saturated heterocycles. The number of carbonyl (C=O) groups is 1. The minimum atomic E-state index is -0.347. The van der Waals surface area contributed by atoms with Gasteiger partial charge in [-0.15, -0.1) is 0 Å². The molecule has 5 heteroatoms. The predicted molar refractivity (Wildman–Crippen MR) is 70.0 cm³/mol. The summed E-state index contributed by atoms with van der Waals surface area (Å²) >= 11 is 3.19. The number of hydrogen-bond donors (Lipinski definition) is 1. The molecule has 1 aliphatic heterocycles. The smallest absolute Gasteiger partial charge is 0.140 e. The van der Waals surface area contributed by atoms with Crippen molar-refractivity contribution in [2.45, 2.75) is 18.9 Å². The summed E-state index contributed by atoms with van der Waals surface area (Å²) in [7, 11) is 0. The summed E-state index contributed by atoms with van der Waals surface area (Å²) in [6.07, 6.45) is 0.381. The van der Waals surface area contributed by atoms with Gasteiger partial charge in [-0.2, -0.15) is 0 Å². The second-order valence-corrected chi connectivity index (χ2v) is 5.27. The van der Waals surface area contributed by atoms with E-state index in [4.69, 9.17) is 4.74 Å². The van der Waals surface area contributed by atoms with Crippen LogP contribution in [0.1, 0.15) is 12.0 Å². The van der Waals surface area contributed by atoms with Gasteiger partial charge in [-0.3, -0.25) is 4.79 Å². The zero-order valence-electron chi connectivity index (χ0n) is 9.92. The van der Waals surface area contributed by atoms with Gasteiger partial charge in [0.25, 0.3) is 0 Å². The van der Waals surface area contributed by atoms with Gasteiger partial charge in [0.1, 0.15) is 11.6 Å². The van der Waals surface area contributed by atoms with Gasteiger partial charge in [-0.25, -0.2) is 4.39 Å². The van der Waals surface area contributed by atoms with Gasteiger partial charge in [0, 0.05) is 30.4 Å². The van der Waals surface area contributed by atoms with Crippen molar-refractivity contribution in [3.63, 3.8) is 0 Å². The molecule has 2 rings (SSSR count). The van der Waals surface area contributed by atoms with Crippen molar-refractivity contribution in [1.29, 1.82) is 0 Å². The number of halogens is 2. The lowest BCUT2D eigenvalue weighted by molar-refractivity contribution is -0.121. The molecule has 3 nitrogen and oxygen atoms in total. The summed E-state index contributed by atoms with van der Waals surface area (Å²) in [6.45, 7) is 2.14. The van der Waals surface area contributed by atoms with Crippen LogP contribution >= 0.6 is 15.9 Å². The molecule has 1 heterocycles. The van der Waals surface area contributed by atoms with E-state index in [0.717, 1.165) is 6.54 Å². The fraction of sp³-hybridized carbons (Fsp3) is 0.462. The summed E-state index contributed by atoms with van der Waals surface area (Å²) < 4.78 is 19.7. The van der Waals surface area contributed by atoms with Crippen LogP contribution in [0.2, 0.25) is 0 Å². The van der Waals surface area contributed by atoms with Gasteiger partial charge in [0.05, 0.1) is 12.7 Å². The van der Waals surface area contributed by atoms with E-state index in [9.17, 15) is 9.18 Å². The normalized spacial score (nSPS) is 19.8. The van der Waals surface area contributed by atoms with Crippen molar-refractivity contribution in [3.05, 3.63) is 34.1 Å². The standard InChI is InChI=1S/C13H15BrFNO2/c14-10-2-1-9(13(15)6-10)5-11(17)7-12-8-16-3-4-18-12/h1-2,6,12,16H,3-5,7-8H2. The summed E-state index contributed by atoms with van der Waals surface area (Å²) in [6, 6.07) is 4.75. The molecule has 0 radical (unpaired) electrons. The van der Waals surface area contributed by atoms with Crippen molar-refractivity contribution in [1.82, 2.24) is 5.32 Å². The molecule has 1 aromatic rings. The van der Waals surface area contributed by atoms with Gasteiger partial charge < -0.3 is 10.1 Å². The summed E-state index contributed by atoms with van der Waals surface area (Å²) in [5.41, 5.74) is 0.437. The van der Waals surface area contributed by atoms with Crippen molar-refractivity contribution < 1.29 is 13.9 Å². The minimum absolute atomic E-state index is 0.00456. The third kappa shape index (κ3) is 3.86. The zero-order chi connectivity index (χ0) is 13.0. The monoisotopic (exact) mass is 315 g/mol. The Balaban J connectivity index is 1.90. The van der Waals surface area contributed by atoms with E-state index < -0.39 is 0 Å². The molecule has 0 aromatic heterocycles. The summed E-state index contributed by atoms with van der Waals surface area (Å²) in [5.74, 6) is -0.342. The minimum Gasteiger partial charge on any atom is -0.375 e. The molecule has 1 unspecified atom stereocenters. The fourth-order valence-corrected chi connectivity index (χ4v) is 2.29. The Bertz CT molecular complexity index is 433. The first-order valence-corrected chi connectivity index (χ1v) is 6.72. The Kier molecular flexibility index (Phi) is 4.86. The first-order valence-electron chi connectivity index (χ1n) is 5.93. The maximum Gasteiger partial charge on any atom is 0.140 e. The number of morpholine rings is 1. The lowest BCUT2D eigenvalue weighted by atomic mass is 10.0. The Morgan fingerprint density at radius 1 is 1.56 bits per heavy atom. The first-order chi connectivity index (χ1) is 8.65. The molecule has 0 bridgehead atoms. The number of rotatable bonds is 4. The maximum absolute atomic E-state index is 13.6. The van der Waals surface area contributed by atoms with Gasteiger partial charge in [-0.05, 0) is 17.7 Å². The third-order valence-corrected chi connectivity index (χ3v) is 3.36. The average molecular weight is 316 g/mol. The Labute approximate surface area is 114 Å². The molecule has 0 saturated carbocycles. The predicted octanol–water partition coefficient (Wildman–Crippen LogP) is 2.08. The van der Waals surface area contributed by atoms with E-state index in [2.05, 4.69) is 21.2 Å². The molecule has 1 fully saturated rings. The van der Waals surface area contributed by atoms with E-state index in [1.165, 1.54) is 6.07 Å². The first kappa shape index (κ1) is 13.6. The number of Topliss-reactive ketones (excluding diaryl/α,β-unsaturated/α-hetero) is 1. The zero-order valence-corrected chi connectivity index (χ0v) is 11.5. The van der Waals surface area contributed by atoms with Gasteiger partial charge in [0.15, 0.2) is 0 Å². The van der Waals surface area contributed by atoms with Gasteiger partial charge in [-0.1, -0.05) is 22.0 Å².